The van der Waals surface area contributed by atoms with Crippen LogP contribution in [-0.4, -0.2) is 18.7 Å². The van der Waals surface area contributed by atoms with E-state index in [0.717, 1.165) is 15.7 Å². The van der Waals surface area contributed by atoms with E-state index in [2.05, 4.69) is 22.0 Å². The Morgan fingerprint density at radius 2 is 2.35 bits per heavy atom. The van der Waals surface area contributed by atoms with Gasteiger partial charge in [-0.15, -0.1) is 0 Å². The molecule has 0 spiro atoms. The summed E-state index contributed by atoms with van der Waals surface area (Å²) in [4.78, 5) is 13.2. The van der Waals surface area contributed by atoms with Gasteiger partial charge in [0.25, 0.3) is 0 Å². The Kier molecular flexibility index (Phi) is 3.34. The lowest BCUT2D eigenvalue weighted by atomic mass is 10.1. The topological polar surface area (TPSA) is 53.3 Å². The van der Waals surface area contributed by atoms with E-state index >= 15 is 0 Å². The first-order chi connectivity index (χ1) is 8.13. The van der Waals surface area contributed by atoms with Gasteiger partial charge in [-0.25, -0.2) is 4.79 Å². The lowest BCUT2D eigenvalue weighted by Crippen LogP contribution is -2.45. The molecule has 0 saturated carbocycles. The van der Waals surface area contributed by atoms with E-state index in [1.165, 1.54) is 4.90 Å². The molecular formula is C12H11BrN2O2. The maximum absolute atomic E-state index is 11.7. The van der Waals surface area contributed by atoms with Gasteiger partial charge in [-0.2, -0.15) is 5.26 Å². The first kappa shape index (κ1) is 11.9. The summed E-state index contributed by atoms with van der Waals surface area (Å²) in [5.41, 5.74) is 1.66. The van der Waals surface area contributed by atoms with Crippen LogP contribution in [0.4, 0.5) is 10.5 Å². The number of carbonyl (C=O) groups is 1. The molecule has 1 saturated heterocycles. The zero-order valence-electron chi connectivity index (χ0n) is 9.31. The van der Waals surface area contributed by atoms with Crippen molar-refractivity contribution < 1.29 is 9.53 Å². The smallest absolute Gasteiger partial charge is 0.415 e. The van der Waals surface area contributed by atoms with Gasteiger partial charge in [0.15, 0.2) is 0 Å². The Labute approximate surface area is 108 Å². The van der Waals surface area contributed by atoms with Crippen LogP contribution >= 0.6 is 15.9 Å². The molecule has 0 bridgehead atoms. The SMILES string of the molecule is Cc1cc(Br)ccc1N1C(=O)OCCC1C#N. The maximum atomic E-state index is 11.7. The molecular weight excluding hydrogens is 284 g/mol. The van der Waals surface area contributed by atoms with Crippen LogP contribution in [0.25, 0.3) is 0 Å². The van der Waals surface area contributed by atoms with Crippen molar-refractivity contribution in [1.82, 2.24) is 0 Å². The van der Waals surface area contributed by atoms with Crippen molar-refractivity contribution >= 4 is 27.7 Å². The summed E-state index contributed by atoms with van der Waals surface area (Å²) in [5.74, 6) is 0. The molecule has 1 atom stereocenters. The molecule has 4 nitrogen and oxygen atoms in total. The van der Waals surface area contributed by atoms with Gasteiger partial charge in [-0.05, 0) is 30.7 Å². The van der Waals surface area contributed by atoms with Crippen molar-refractivity contribution in [3.8, 4) is 6.07 Å². The van der Waals surface area contributed by atoms with Crippen LogP contribution in [0.2, 0.25) is 0 Å². The third kappa shape index (κ3) is 2.27. The van der Waals surface area contributed by atoms with Gasteiger partial charge in [0.2, 0.25) is 0 Å². The largest absolute Gasteiger partial charge is 0.449 e. The summed E-state index contributed by atoms with van der Waals surface area (Å²) in [6.45, 7) is 2.21. The maximum Gasteiger partial charge on any atom is 0.415 e. The van der Waals surface area contributed by atoms with Gasteiger partial charge < -0.3 is 4.74 Å². The molecule has 1 unspecified atom stereocenters. The highest BCUT2D eigenvalue weighted by Crippen LogP contribution is 2.28. The zero-order chi connectivity index (χ0) is 12.4. The summed E-state index contributed by atoms with van der Waals surface area (Å²) in [6, 6.07) is 7.26. The van der Waals surface area contributed by atoms with Crippen LogP contribution in [0.1, 0.15) is 12.0 Å². The zero-order valence-corrected chi connectivity index (χ0v) is 10.9. The van der Waals surface area contributed by atoms with E-state index in [4.69, 9.17) is 10.00 Å². The van der Waals surface area contributed by atoms with Gasteiger partial charge in [-0.3, -0.25) is 4.90 Å². The molecule has 1 aromatic rings. The second-order valence-electron chi connectivity index (χ2n) is 3.85. The molecule has 1 amide bonds. The Bertz CT molecular complexity index is 496. The van der Waals surface area contributed by atoms with Crippen molar-refractivity contribution in [3.63, 3.8) is 0 Å². The molecule has 88 valence electrons. The van der Waals surface area contributed by atoms with E-state index in [-0.39, 0.29) is 0 Å². The van der Waals surface area contributed by atoms with Crippen molar-refractivity contribution in [2.24, 2.45) is 0 Å². The number of rotatable bonds is 1. The molecule has 0 N–H and O–H groups in total. The third-order valence-electron chi connectivity index (χ3n) is 2.69. The quantitative estimate of drug-likeness (QED) is 0.800. The average molecular weight is 295 g/mol. The number of nitrogens with zero attached hydrogens (tertiary/aromatic N) is 2. The monoisotopic (exact) mass is 294 g/mol. The van der Waals surface area contributed by atoms with Gasteiger partial charge in [0, 0.05) is 10.9 Å². The standard InChI is InChI=1S/C12H11BrN2O2/c1-8-6-9(13)2-3-11(8)15-10(7-14)4-5-17-12(15)16/h2-3,6,10H,4-5H2,1H3. The number of amides is 1. The van der Waals surface area contributed by atoms with Gasteiger partial charge in [0.05, 0.1) is 18.4 Å². The van der Waals surface area contributed by atoms with Crippen molar-refractivity contribution in [1.29, 1.82) is 5.26 Å². The molecule has 0 radical (unpaired) electrons. The van der Waals surface area contributed by atoms with Crippen molar-refractivity contribution in [2.45, 2.75) is 19.4 Å². The van der Waals surface area contributed by atoms with Gasteiger partial charge in [0.1, 0.15) is 6.04 Å². The molecule has 1 fully saturated rings. The number of nitriles is 1. The van der Waals surface area contributed by atoms with E-state index < -0.39 is 12.1 Å². The van der Waals surface area contributed by atoms with E-state index in [9.17, 15) is 4.79 Å². The Hall–Kier alpha value is -1.54. The van der Waals surface area contributed by atoms with Crippen LogP contribution < -0.4 is 4.90 Å². The summed E-state index contributed by atoms with van der Waals surface area (Å²) >= 11 is 3.37. The van der Waals surface area contributed by atoms with Gasteiger partial charge in [-0.1, -0.05) is 15.9 Å². The number of anilines is 1. The first-order valence-corrected chi connectivity index (χ1v) is 6.04. The second kappa shape index (κ2) is 4.76. The van der Waals surface area contributed by atoms with Crippen molar-refractivity contribution in [2.75, 3.05) is 11.5 Å². The van der Waals surface area contributed by atoms with E-state index in [0.29, 0.717) is 13.0 Å². The van der Waals surface area contributed by atoms with Crippen LogP contribution in [0, 0.1) is 18.3 Å². The highest BCUT2D eigenvalue weighted by Gasteiger charge is 2.31. The molecule has 0 aromatic heterocycles. The number of ether oxygens (including phenoxy) is 1. The summed E-state index contributed by atoms with van der Waals surface area (Å²) in [6.07, 6.45) is 0.0887. The molecule has 1 aliphatic rings. The molecule has 17 heavy (non-hydrogen) atoms. The van der Waals surface area contributed by atoms with Crippen LogP contribution in [0.3, 0.4) is 0 Å². The van der Waals surface area contributed by atoms with Crippen LogP contribution in [-0.2, 0) is 4.74 Å². The summed E-state index contributed by atoms with van der Waals surface area (Å²) < 4.78 is 5.93. The highest BCUT2D eigenvalue weighted by atomic mass is 79.9. The fourth-order valence-electron chi connectivity index (χ4n) is 1.86. The molecule has 2 rings (SSSR count). The lowest BCUT2D eigenvalue weighted by molar-refractivity contribution is 0.134. The molecule has 5 heteroatoms. The average Bonchev–Trinajstić information content (AvgIpc) is 2.30. The molecule has 1 aromatic carbocycles. The number of benzene rings is 1. The van der Waals surface area contributed by atoms with E-state index in [1.54, 1.807) is 0 Å². The number of carbonyl (C=O) groups excluding carboxylic acids is 1. The Morgan fingerprint density at radius 3 is 3.00 bits per heavy atom. The minimum absolute atomic E-state index is 0.309. The van der Waals surface area contributed by atoms with Crippen LogP contribution in [0.15, 0.2) is 22.7 Å². The highest BCUT2D eigenvalue weighted by molar-refractivity contribution is 9.10. The number of cyclic esters (lactones) is 1. The fourth-order valence-corrected chi connectivity index (χ4v) is 2.34. The second-order valence-corrected chi connectivity index (χ2v) is 4.76. The third-order valence-corrected chi connectivity index (χ3v) is 3.19. The molecule has 0 aliphatic carbocycles. The predicted octanol–water partition coefficient (Wildman–Crippen LogP) is 3.00. The fraction of sp³-hybridized carbons (Fsp3) is 0.333. The number of aryl methyl sites for hydroxylation is 1. The molecule has 1 aliphatic heterocycles. The first-order valence-electron chi connectivity index (χ1n) is 5.25. The Balaban J connectivity index is 2.42. The Morgan fingerprint density at radius 1 is 1.59 bits per heavy atom. The lowest BCUT2D eigenvalue weighted by Gasteiger charge is -2.31. The molecule has 1 heterocycles. The summed E-state index contributed by atoms with van der Waals surface area (Å²) in [5, 5.41) is 9.08. The minimum atomic E-state index is -0.451. The van der Waals surface area contributed by atoms with Gasteiger partial charge >= 0.3 is 6.09 Å². The predicted molar refractivity (Wildman–Crippen MR) is 66.7 cm³/mol. The minimum Gasteiger partial charge on any atom is -0.449 e. The number of hydrogen-bond acceptors (Lipinski definition) is 3. The number of hydrogen-bond donors (Lipinski definition) is 0. The van der Waals surface area contributed by atoms with Crippen molar-refractivity contribution in [3.05, 3.63) is 28.2 Å². The summed E-state index contributed by atoms with van der Waals surface area (Å²) in [7, 11) is 0. The van der Waals surface area contributed by atoms with Crippen LogP contribution in [0.5, 0.6) is 0 Å². The van der Waals surface area contributed by atoms with E-state index in [1.807, 2.05) is 25.1 Å². The normalized spacial score (nSPS) is 19.7. The number of halogens is 1.